The Bertz CT molecular complexity index is 338. The fourth-order valence-corrected chi connectivity index (χ4v) is 1.90. The van der Waals surface area contributed by atoms with Gasteiger partial charge in [-0.15, -0.1) is 0 Å². The molecule has 1 heterocycles. The van der Waals surface area contributed by atoms with Crippen LogP contribution in [0.1, 0.15) is 25.5 Å². The topological polar surface area (TPSA) is 30.5 Å². The number of rotatable bonds is 4. The van der Waals surface area contributed by atoms with Crippen LogP contribution in [0, 0.1) is 0 Å². The predicted molar refractivity (Wildman–Crippen MR) is 59.5 cm³/mol. The van der Waals surface area contributed by atoms with Crippen molar-refractivity contribution in [3.05, 3.63) is 23.8 Å². The highest BCUT2D eigenvalue weighted by molar-refractivity contribution is 5.50. The molecule has 0 bridgehead atoms. The molecule has 15 heavy (non-hydrogen) atoms. The summed E-state index contributed by atoms with van der Waals surface area (Å²) in [6.07, 6.45) is 0. The number of benzene rings is 1. The smallest absolute Gasteiger partial charge is 0.166 e. The van der Waals surface area contributed by atoms with Crippen LogP contribution in [0.4, 0.5) is 0 Å². The van der Waals surface area contributed by atoms with E-state index in [1.54, 1.807) is 0 Å². The van der Waals surface area contributed by atoms with Gasteiger partial charge in [0.25, 0.3) is 0 Å². The summed E-state index contributed by atoms with van der Waals surface area (Å²) >= 11 is 0. The van der Waals surface area contributed by atoms with Crippen LogP contribution < -0.4 is 14.8 Å². The number of hydrogen-bond acceptors (Lipinski definition) is 3. The summed E-state index contributed by atoms with van der Waals surface area (Å²) in [6, 6.07) is 6.38. The Labute approximate surface area is 90.4 Å². The normalized spacial score (nSPS) is 18.4. The number of nitrogens with one attached hydrogen (secondary N) is 1. The van der Waals surface area contributed by atoms with Crippen LogP contribution in [0.15, 0.2) is 18.2 Å². The van der Waals surface area contributed by atoms with Crippen molar-refractivity contribution in [3.63, 3.8) is 0 Å². The zero-order valence-corrected chi connectivity index (χ0v) is 9.25. The van der Waals surface area contributed by atoms with Gasteiger partial charge in [0.1, 0.15) is 6.61 Å². The van der Waals surface area contributed by atoms with Crippen molar-refractivity contribution in [2.75, 3.05) is 19.8 Å². The second-order valence-corrected chi connectivity index (χ2v) is 3.53. The average molecular weight is 207 g/mol. The van der Waals surface area contributed by atoms with E-state index in [4.69, 9.17) is 9.47 Å². The Hall–Kier alpha value is -1.22. The van der Waals surface area contributed by atoms with Crippen LogP contribution in [-0.4, -0.2) is 19.8 Å². The van der Waals surface area contributed by atoms with Gasteiger partial charge in [-0.3, -0.25) is 0 Å². The molecule has 1 N–H and O–H groups in total. The van der Waals surface area contributed by atoms with Crippen molar-refractivity contribution < 1.29 is 9.47 Å². The first-order valence-electron chi connectivity index (χ1n) is 5.48. The molecule has 2 rings (SSSR count). The molecule has 1 aliphatic heterocycles. The summed E-state index contributed by atoms with van der Waals surface area (Å²) in [7, 11) is 0. The Morgan fingerprint density at radius 1 is 1.47 bits per heavy atom. The molecule has 1 unspecified atom stereocenters. The number of ether oxygens (including phenoxy) is 2. The lowest BCUT2D eigenvalue weighted by Crippen LogP contribution is -2.21. The van der Waals surface area contributed by atoms with Gasteiger partial charge in [0.05, 0.1) is 12.6 Å². The summed E-state index contributed by atoms with van der Waals surface area (Å²) in [5.74, 6) is 1.76. The van der Waals surface area contributed by atoms with Crippen molar-refractivity contribution in [1.29, 1.82) is 0 Å². The Kier molecular flexibility index (Phi) is 3.11. The fourth-order valence-electron chi connectivity index (χ4n) is 1.90. The Morgan fingerprint density at radius 3 is 3.07 bits per heavy atom. The number of likely N-dealkylation sites (N-methyl/N-ethyl adjacent to an activating group) is 1. The third-order valence-corrected chi connectivity index (χ3v) is 2.53. The molecule has 1 atom stereocenters. The molecule has 0 aromatic heterocycles. The molecule has 0 aliphatic carbocycles. The molecule has 0 saturated heterocycles. The molecule has 0 radical (unpaired) electrons. The molecule has 1 aromatic rings. The van der Waals surface area contributed by atoms with Crippen LogP contribution in [-0.2, 0) is 0 Å². The van der Waals surface area contributed by atoms with Crippen LogP contribution in [0.2, 0.25) is 0 Å². The van der Waals surface area contributed by atoms with Crippen LogP contribution in [0.5, 0.6) is 11.5 Å². The van der Waals surface area contributed by atoms with Crippen molar-refractivity contribution in [2.24, 2.45) is 0 Å². The van der Waals surface area contributed by atoms with Gasteiger partial charge in [-0.25, -0.2) is 0 Å². The van der Waals surface area contributed by atoms with Crippen molar-refractivity contribution >= 4 is 0 Å². The molecule has 3 nitrogen and oxygen atoms in total. The second-order valence-electron chi connectivity index (χ2n) is 3.53. The van der Waals surface area contributed by atoms with Gasteiger partial charge in [-0.2, -0.15) is 0 Å². The zero-order chi connectivity index (χ0) is 10.7. The molecule has 0 saturated carbocycles. The van der Waals surface area contributed by atoms with Gasteiger partial charge >= 0.3 is 0 Å². The third-order valence-electron chi connectivity index (χ3n) is 2.53. The molecule has 82 valence electrons. The number of fused-ring (bicyclic) bond motifs is 1. The van der Waals surface area contributed by atoms with Gasteiger partial charge in [0, 0.05) is 5.56 Å². The van der Waals surface area contributed by atoms with Crippen molar-refractivity contribution in [1.82, 2.24) is 5.32 Å². The first-order chi connectivity index (χ1) is 7.36. The first-order valence-corrected chi connectivity index (χ1v) is 5.48. The maximum atomic E-state index is 5.66. The van der Waals surface area contributed by atoms with E-state index in [2.05, 4.69) is 18.3 Å². The minimum Gasteiger partial charge on any atom is -0.490 e. The van der Waals surface area contributed by atoms with E-state index < -0.39 is 0 Å². The molecule has 0 amide bonds. The molecule has 0 spiro atoms. The third kappa shape index (κ3) is 1.92. The minimum absolute atomic E-state index is 0.311. The van der Waals surface area contributed by atoms with E-state index in [0.717, 1.165) is 18.0 Å². The Morgan fingerprint density at radius 2 is 2.33 bits per heavy atom. The minimum atomic E-state index is 0.311. The molecule has 1 aliphatic rings. The van der Waals surface area contributed by atoms with Gasteiger partial charge in [-0.05, 0) is 19.5 Å². The lowest BCUT2D eigenvalue weighted by atomic mass is 10.1. The van der Waals surface area contributed by atoms with Crippen molar-refractivity contribution in [3.8, 4) is 11.5 Å². The standard InChI is InChI=1S/C12H17NO2/c1-3-13-10-8-15-12-9(10)6-5-7-11(12)14-4-2/h5-7,10,13H,3-4,8H2,1-2H3. The van der Waals surface area contributed by atoms with Crippen LogP contribution >= 0.6 is 0 Å². The highest BCUT2D eigenvalue weighted by Crippen LogP contribution is 2.39. The maximum absolute atomic E-state index is 5.66. The van der Waals surface area contributed by atoms with Gasteiger partial charge < -0.3 is 14.8 Å². The molecule has 0 fully saturated rings. The summed E-state index contributed by atoms with van der Waals surface area (Å²) in [4.78, 5) is 0. The van der Waals surface area contributed by atoms with Gasteiger partial charge in [-0.1, -0.05) is 19.1 Å². The maximum Gasteiger partial charge on any atom is 0.166 e. The van der Waals surface area contributed by atoms with E-state index in [9.17, 15) is 0 Å². The van der Waals surface area contributed by atoms with E-state index in [1.165, 1.54) is 5.56 Å². The van der Waals surface area contributed by atoms with E-state index in [-0.39, 0.29) is 0 Å². The van der Waals surface area contributed by atoms with E-state index in [1.807, 2.05) is 19.1 Å². The number of hydrogen-bond donors (Lipinski definition) is 1. The zero-order valence-electron chi connectivity index (χ0n) is 9.25. The quantitative estimate of drug-likeness (QED) is 0.820. The summed E-state index contributed by atoms with van der Waals surface area (Å²) < 4.78 is 11.2. The monoisotopic (exact) mass is 207 g/mol. The van der Waals surface area contributed by atoms with Gasteiger partial charge in [0.2, 0.25) is 0 Å². The largest absolute Gasteiger partial charge is 0.490 e. The highest BCUT2D eigenvalue weighted by Gasteiger charge is 2.25. The van der Waals surface area contributed by atoms with Gasteiger partial charge in [0.15, 0.2) is 11.5 Å². The first kappa shape index (κ1) is 10.3. The molecule has 1 aromatic carbocycles. The van der Waals surface area contributed by atoms with E-state index in [0.29, 0.717) is 19.3 Å². The average Bonchev–Trinajstić information content (AvgIpc) is 2.64. The Balaban J connectivity index is 2.26. The lowest BCUT2D eigenvalue weighted by Gasteiger charge is -2.10. The SMILES string of the molecule is CCNC1COc2c(OCC)cccc21. The summed E-state index contributed by atoms with van der Waals surface area (Å²) in [5.41, 5.74) is 1.21. The van der Waals surface area contributed by atoms with Crippen LogP contribution in [0.25, 0.3) is 0 Å². The van der Waals surface area contributed by atoms with Crippen LogP contribution in [0.3, 0.4) is 0 Å². The lowest BCUT2D eigenvalue weighted by molar-refractivity contribution is 0.282. The number of para-hydroxylation sites is 1. The summed E-state index contributed by atoms with van der Waals surface area (Å²) in [6.45, 7) is 6.41. The molecular formula is C12H17NO2. The molecular weight excluding hydrogens is 190 g/mol. The predicted octanol–water partition coefficient (Wildman–Crippen LogP) is 2.13. The second kappa shape index (κ2) is 4.53. The van der Waals surface area contributed by atoms with E-state index >= 15 is 0 Å². The molecule has 3 heteroatoms. The summed E-state index contributed by atoms with van der Waals surface area (Å²) in [5, 5.41) is 3.39. The fraction of sp³-hybridized carbons (Fsp3) is 0.500. The highest BCUT2D eigenvalue weighted by atomic mass is 16.5. The van der Waals surface area contributed by atoms with Crippen molar-refractivity contribution in [2.45, 2.75) is 19.9 Å².